The van der Waals surface area contributed by atoms with E-state index in [9.17, 15) is 23.9 Å². The highest BCUT2D eigenvalue weighted by molar-refractivity contribution is 9.10. The van der Waals surface area contributed by atoms with Crippen LogP contribution in [0.25, 0.3) is 43.9 Å². The number of carboxylic acid groups (broad SMARTS) is 1. The van der Waals surface area contributed by atoms with Crippen LogP contribution in [0.2, 0.25) is 0 Å². The van der Waals surface area contributed by atoms with Gasteiger partial charge in [-0.2, -0.15) is 0 Å². The summed E-state index contributed by atoms with van der Waals surface area (Å²) >= 11 is 3.18. The molecule has 7 rings (SSSR count). The third-order valence-electron chi connectivity index (χ3n) is 8.25. The van der Waals surface area contributed by atoms with Crippen LogP contribution in [0.3, 0.4) is 0 Å². The molecule has 260 valence electrons. The Kier molecular flexibility index (Phi) is 9.84. The monoisotopic (exact) mass is 752 g/mol. The molecule has 0 atom stereocenters. The van der Waals surface area contributed by atoms with E-state index in [2.05, 4.69) is 21.2 Å². The minimum atomic E-state index is -1.21. The second kappa shape index (κ2) is 14.3. The standard InChI is InChI=1S/C23H17BrFNO4.C17H17NO3/c1-12(2)26(22(27)15-8-7-13(24)9-18(15)25)19-10-16-14-5-3-4-6-20(14)30-21(16)11-17(19)23(28)29;1-10(2)18-14-8-12-11-6-4-5-7-15(11)21-16(12)9-13(14)17(19)20-3/h3-12H,1-2H3,(H,28,29);4-10,18H,1-3H3. The van der Waals surface area contributed by atoms with Gasteiger partial charge >= 0.3 is 11.9 Å². The number of benzene rings is 5. The lowest BCUT2D eigenvalue weighted by Gasteiger charge is -2.28. The molecular weight excluding hydrogens is 719 g/mol. The Morgan fingerprint density at radius 2 is 1.31 bits per heavy atom. The largest absolute Gasteiger partial charge is 0.478 e. The summed E-state index contributed by atoms with van der Waals surface area (Å²) in [6.07, 6.45) is 0. The Morgan fingerprint density at radius 3 is 1.84 bits per heavy atom. The van der Waals surface area contributed by atoms with Crippen LogP contribution in [0.15, 0.2) is 104 Å². The number of methoxy groups -OCH3 is 1. The summed E-state index contributed by atoms with van der Waals surface area (Å²) in [5, 5.41) is 16.6. The number of carboxylic acids is 1. The number of nitrogens with zero attached hydrogens (tertiary/aromatic N) is 1. The third kappa shape index (κ3) is 6.89. The van der Waals surface area contributed by atoms with E-state index in [1.54, 1.807) is 38.1 Å². The van der Waals surface area contributed by atoms with Crippen LogP contribution in [0, 0.1) is 5.82 Å². The molecule has 1 amide bonds. The number of hydrogen-bond acceptors (Lipinski definition) is 7. The molecule has 0 aliphatic rings. The first-order chi connectivity index (χ1) is 24.4. The fourth-order valence-electron chi connectivity index (χ4n) is 6.03. The Hall–Kier alpha value is -5.68. The number of furan rings is 2. The van der Waals surface area contributed by atoms with E-state index in [1.165, 1.54) is 30.2 Å². The Morgan fingerprint density at radius 1 is 0.745 bits per heavy atom. The number of amides is 1. The van der Waals surface area contributed by atoms with Crippen molar-refractivity contribution >= 4 is 89.0 Å². The van der Waals surface area contributed by atoms with Gasteiger partial charge in [-0.05, 0) is 82.3 Å². The second-order valence-corrected chi connectivity index (χ2v) is 13.4. The van der Waals surface area contributed by atoms with E-state index in [1.807, 2.05) is 62.4 Å². The normalized spacial score (nSPS) is 11.3. The average Bonchev–Trinajstić information content (AvgIpc) is 3.64. The zero-order chi connectivity index (χ0) is 36.6. The maximum absolute atomic E-state index is 14.5. The molecule has 51 heavy (non-hydrogen) atoms. The first kappa shape index (κ1) is 35.2. The van der Waals surface area contributed by atoms with Crippen LogP contribution in [0.5, 0.6) is 0 Å². The fraction of sp³-hybridized carbons (Fsp3) is 0.175. The van der Waals surface area contributed by atoms with Crippen LogP contribution in [-0.4, -0.2) is 42.1 Å². The number of rotatable bonds is 7. The number of ether oxygens (including phenoxy) is 1. The van der Waals surface area contributed by atoms with Gasteiger partial charge in [0.1, 0.15) is 28.1 Å². The Balaban J connectivity index is 0.000000187. The zero-order valence-corrected chi connectivity index (χ0v) is 30.0. The zero-order valence-electron chi connectivity index (χ0n) is 28.4. The number of aromatic carboxylic acids is 1. The van der Waals surface area contributed by atoms with Crippen LogP contribution in [-0.2, 0) is 4.74 Å². The van der Waals surface area contributed by atoms with Gasteiger partial charge in [0.25, 0.3) is 5.91 Å². The van der Waals surface area contributed by atoms with Crippen molar-refractivity contribution in [2.45, 2.75) is 39.8 Å². The molecule has 2 aromatic heterocycles. The molecule has 11 heteroatoms. The van der Waals surface area contributed by atoms with Gasteiger partial charge in [0, 0.05) is 43.8 Å². The molecule has 2 heterocycles. The number of esters is 1. The summed E-state index contributed by atoms with van der Waals surface area (Å²) in [6, 6.07) is 25.8. The highest BCUT2D eigenvalue weighted by atomic mass is 79.9. The van der Waals surface area contributed by atoms with E-state index in [0.29, 0.717) is 32.2 Å². The highest BCUT2D eigenvalue weighted by Gasteiger charge is 2.29. The molecule has 0 spiro atoms. The average molecular weight is 754 g/mol. The van der Waals surface area contributed by atoms with E-state index in [-0.39, 0.29) is 28.8 Å². The summed E-state index contributed by atoms with van der Waals surface area (Å²) in [4.78, 5) is 38.6. The molecule has 0 aliphatic heterocycles. The number of anilines is 2. The SMILES string of the molecule is CC(C)N(C(=O)c1ccc(Br)cc1F)c1cc2c(cc1C(=O)O)oc1ccccc12.COC(=O)c1cc2oc3ccccc3c2cc1NC(C)C. The summed E-state index contributed by atoms with van der Waals surface area (Å²) < 4.78 is 31.5. The smallest absolute Gasteiger partial charge is 0.340 e. The molecule has 9 nitrogen and oxygen atoms in total. The molecule has 0 unspecified atom stereocenters. The van der Waals surface area contributed by atoms with Crippen LogP contribution < -0.4 is 10.2 Å². The van der Waals surface area contributed by atoms with Gasteiger partial charge in [-0.1, -0.05) is 52.3 Å². The fourth-order valence-corrected chi connectivity index (χ4v) is 6.36. The van der Waals surface area contributed by atoms with Crippen molar-refractivity contribution in [3.8, 4) is 0 Å². The van der Waals surface area contributed by atoms with Crippen LogP contribution >= 0.6 is 15.9 Å². The van der Waals surface area contributed by atoms with Gasteiger partial charge in [-0.3, -0.25) is 4.79 Å². The van der Waals surface area contributed by atoms with Crippen molar-refractivity contribution in [1.82, 2.24) is 0 Å². The van der Waals surface area contributed by atoms with Gasteiger partial charge in [-0.15, -0.1) is 0 Å². The molecule has 0 fully saturated rings. The quantitative estimate of drug-likeness (QED) is 0.154. The number of nitrogens with one attached hydrogen (secondary N) is 1. The van der Waals surface area contributed by atoms with Gasteiger partial charge in [-0.25, -0.2) is 14.0 Å². The number of para-hydroxylation sites is 2. The molecular formula is C40H34BrFN2O7. The maximum atomic E-state index is 14.5. The second-order valence-electron chi connectivity index (χ2n) is 12.4. The minimum absolute atomic E-state index is 0.0962. The molecule has 0 aliphatic carbocycles. The molecule has 0 bridgehead atoms. The van der Waals surface area contributed by atoms with Gasteiger partial charge in [0.15, 0.2) is 0 Å². The van der Waals surface area contributed by atoms with Crippen molar-refractivity contribution in [3.63, 3.8) is 0 Å². The van der Waals surface area contributed by atoms with Crippen molar-refractivity contribution in [2.75, 3.05) is 17.3 Å². The maximum Gasteiger partial charge on any atom is 0.340 e. The molecule has 0 saturated heterocycles. The molecule has 2 N–H and O–H groups in total. The van der Waals surface area contributed by atoms with E-state index in [0.717, 1.165) is 27.4 Å². The lowest BCUT2D eigenvalue weighted by molar-refractivity contribution is 0.0600. The number of halogens is 2. The topological polar surface area (TPSA) is 122 Å². The first-order valence-electron chi connectivity index (χ1n) is 16.1. The van der Waals surface area contributed by atoms with Crippen LogP contribution in [0.4, 0.5) is 15.8 Å². The van der Waals surface area contributed by atoms with Crippen molar-refractivity contribution in [1.29, 1.82) is 0 Å². The number of carbonyl (C=O) groups excluding carboxylic acids is 2. The summed E-state index contributed by atoms with van der Waals surface area (Å²) in [6.45, 7) is 7.55. The summed E-state index contributed by atoms with van der Waals surface area (Å²) in [5.74, 6) is -2.89. The van der Waals surface area contributed by atoms with Gasteiger partial charge in [0.05, 0.1) is 29.5 Å². The van der Waals surface area contributed by atoms with E-state index in [4.69, 9.17) is 13.6 Å². The van der Waals surface area contributed by atoms with Crippen LogP contribution in [0.1, 0.15) is 58.8 Å². The van der Waals surface area contributed by atoms with E-state index < -0.39 is 23.7 Å². The number of carbonyl (C=O) groups is 3. The lowest BCUT2D eigenvalue weighted by atomic mass is 10.0. The molecule has 0 saturated carbocycles. The molecule has 0 radical (unpaired) electrons. The highest BCUT2D eigenvalue weighted by Crippen LogP contribution is 2.36. The summed E-state index contributed by atoms with van der Waals surface area (Å²) in [7, 11) is 1.38. The predicted octanol–water partition coefficient (Wildman–Crippen LogP) is 10.4. The van der Waals surface area contributed by atoms with Crippen molar-refractivity contribution in [3.05, 3.63) is 118 Å². The lowest BCUT2D eigenvalue weighted by Crippen LogP contribution is -2.38. The number of fused-ring (bicyclic) bond motifs is 6. The van der Waals surface area contributed by atoms with Crippen molar-refractivity contribution < 1.29 is 37.5 Å². The molecule has 5 aromatic carbocycles. The molecule has 7 aromatic rings. The Labute approximate surface area is 300 Å². The minimum Gasteiger partial charge on any atom is -0.478 e. The van der Waals surface area contributed by atoms with Gasteiger partial charge in [0.2, 0.25) is 0 Å². The van der Waals surface area contributed by atoms with E-state index >= 15 is 0 Å². The van der Waals surface area contributed by atoms with Crippen molar-refractivity contribution in [2.24, 2.45) is 0 Å². The predicted molar refractivity (Wildman–Crippen MR) is 201 cm³/mol. The third-order valence-corrected chi connectivity index (χ3v) is 8.74. The van der Waals surface area contributed by atoms with Gasteiger partial charge < -0.3 is 28.9 Å². The summed E-state index contributed by atoms with van der Waals surface area (Å²) in [5.41, 5.74) is 3.71. The number of hydrogen-bond donors (Lipinski definition) is 2. The first-order valence-corrected chi connectivity index (χ1v) is 16.9. The Bertz CT molecular complexity index is 2470.